The van der Waals surface area contributed by atoms with Gasteiger partial charge in [-0.2, -0.15) is 5.10 Å². The summed E-state index contributed by atoms with van der Waals surface area (Å²) in [6.07, 6.45) is 2.60. The summed E-state index contributed by atoms with van der Waals surface area (Å²) in [5.41, 5.74) is 7.60. The molecule has 7 nitrogen and oxygen atoms in total. The molecule has 0 saturated carbocycles. The number of amides is 1. The zero-order valence-electron chi connectivity index (χ0n) is 20.1. The molecule has 0 fully saturated rings. The maximum Gasteiger partial charge on any atom is 0.271 e. The van der Waals surface area contributed by atoms with Gasteiger partial charge in [0.05, 0.1) is 30.2 Å². The minimum Gasteiger partial charge on any atom is -0.267 e. The van der Waals surface area contributed by atoms with Crippen molar-refractivity contribution in [2.75, 3.05) is 10.6 Å². The minimum atomic E-state index is -3.54. The van der Waals surface area contributed by atoms with E-state index in [1.807, 2.05) is 62.4 Å². The quantitative estimate of drug-likeness (QED) is 0.205. The van der Waals surface area contributed by atoms with E-state index in [0.717, 1.165) is 33.8 Å². The van der Waals surface area contributed by atoms with Crippen molar-refractivity contribution in [1.29, 1.82) is 0 Å². The van der Waals surface area contributed by atoms with E-state index >= 15 is 0 Å². The second-order valence-electron chi connectivity index (χ2n) is 8.51. The van der Waals surface area contributed by atoms with E-state index in [9.17, 15) is 13.2 Å². The Morgan fingerprint density at radius 2 is 1.78 bits per heavy atom. The number of anilines is 1. The standard InChI is InChI=1S/C27H25ClN4O3S/c1-18-8-9-21-15-23(26(28)30-25(21)14-18)16-29-31-27(33)20-10-12-24(13-11-20)32(36(3,34)35)17-22-7-5-4-6-19(22)2/h4-16H,17H2,1-3H3,(H,31,33)/b29-16-. The van der Waals surface area contributed by atoms with E-state index in [1.54, 1.807) is 24.3 Å². The van der Waals surface area contributed by atoms with Crippen LogP contribution >= 0.6 is 11.6 Å². The van der Waals surface area contributed by atoms with Crippen LogP contribution in [0.3, 0.4) is 0 Å². The zero-order valence-corrected chi connectivity index (χ0v) is 21.6. The summed E-state index contributed by atoms with van der Waals surface area (Å²) >= 11 is 6.27. The summed E-state index contributed by atoms with van der Waals surface area (Å²) in [5.74, 6) is -0.442. The number of aromatic nitrogens is 1. The highest BCUT2D eigenvalue weighted by molar-refractivity contribution is 7.92. The minimum absolute atomic E-state index is 0.196. The summed E-state index contributed by atoms with van der Waals surface area (Å²) in [5, 5.41) is 5.20. The van der Waals surface area contributed by atoms with Crippen LogP contribution in [0, 0.1) is 13.8 Å². The molecule has 0 aliphatic heterocycles. The van der Waals surface area contributed by atoms with Gasteiger partial charge in [-0.1, -0.05) is 48.0 Å². The Morgan fingerprint density at radius 3 is 2.47 bits per heavy atom. The first-order valence-corrected chi connectivity index (χ1v) is 13.4. The normalized spacial score (nSPS) is 11.7. The van der Waals surface area contributed by atoms with Crippen molar-refractivity contribution in [3.8, 4) is 0 Å². The number of nitrogens with one attached hydrogen (secondary N) is 1. The van der Waals surface area contributed by atoms with Crippen LogP contribution in [-0.2, 0) is 16.6 Å². The molecule has 184 valence electrons. The number of hydrogen-bond donors (Lipinski definition) is 1. The first-order chi connectivity index (χ1) is 17.1. The number of carbonyl (C=O) groups is 1. The number of sulfonamides is 1. The van der Waals surface area contributed by atoms with Crippen molar-refractivity contribution in [2.45, 2.75) is 20.4 Å². The summed E-state index contributed by atoms with van der Waals surface area (Å²) in [6.45, 7) is 4.11. The Kier molecular flexibility index (Phi) is 7.37. The van der Waals surface area contributed by atoms with Crippen molar-refractivity contribution in [1.82, 2.24) is 10.4 Å². The number of nitrogens with zero attached hydrogens (tertiary/aromatic N) is 3. The Bertz CT molecular complexity index is 1570. The monoisotopic (exact) mass is 520 g/mol. The lowest BCUT2D eigenvalue weighted by molar-refractivity contribution is 0.0955. The smallest absolute Gasteiger partial charge is 0.267 e. The Morgan fingerprint density at radius 1 is 1.06 bits per heavy atom. The number of benzene rings is 3. The van der Waals surface area contributed by atoms with Crippen molar-refractivity contribution in [3.05, 3.63) is 106 Å². The van der Waals surface area contributed by atoms with Crippen LogP contribution < -0.4 is 9.73 Å². The average Bonchev–Trinajstić information content (AvgIpc) is 2.83. The van der Waals surface area contributed by atoms with Crippen molar-refractivity contribution < 1.29 is 13.2 Å². The molecule has 0 radical (unpaired) electrons. The number of halogens is 1. The Balaban J connectivity index is 1.48. The van der Waals surface area contributed by atoms with Gasteiger partial charge in [0.1, 0.15) is 5.15 Å². The van der Waals surface area contributed by atoms with E-state index < -0.39 is 15.9 Å². The number of hydrazone groups is 1. The lowest BCUT2D eigenvalue weighted by atomic mass is 10.1. The fraction of sp³-hybridized carbons (Fsp3) is 0.148. The van der Waals surface area contributed by atoms with Crippen molar-refractivity contribution >= 4 is 50.3 Å². The molecule has 1 amide bonds. The van der Waals surface area contributed by atoms with Crippen LogP contribution in [0.15, 0.2) is 77.9 Å². The molecular weight excluding hydrogens is 496 g/mol. The van der Waals surface area contributed by atoms with Gasteiger partial charge < -0.3 is 0 Å². The molecule has 36 heavy (non-hydrogen) atoms. The molecule has 0 saturated heterocycles. The third-order valence-electron chi connectivity index (χ3n) is 5.72. The number of carbonyl (C=O) groups excluding carboxylic acids is 1. The lowest BCUT2D eigenvalue weighted by Gasteiger charge is -2.23. The maximum atomic E-state index is 12.6. The van der Waals surface area contributed by atoms with E-state index in [4.69, 9.17) is 11.6 Å². The van der Waals surface area contributed by atoms with Gasteiger partial charge in [-0.15, -0.1) is 0 Å². The molecule has 0 unspecified atom stereocenters. The van der Waals surface area contributed by atoms with Gasteiger partial charge in [0.15, 0.2) is 0 Å². The zero-order chi connectivity index (χ0) is 25.9. The van der Waals surface area contributed by atoms with E-state index in [2.05, 4.69) is 15.5 Å². The molecule has 9 heteroatoms. The first-order valence-electron chi connectivity index (χ1n) is 11.1. The van der Waals surface area contributed by atoms with E-state index in [-0.39, 0.29) is 11.7 Å². The molecule has 4 rings (SSSR count). The summed E-state index contributed by atoms with van der Waals surface area (Å²) in [4.78, 5) is 17.0. The van der Waals surface area contributed by atoms with Gasteiger partial charge in [0.2, 0.25) is 10.0 Å². The van der Waals surface area contributed by atoms with Crippen LogP contribution in [0.4, 0.5) is 5.69 Å². The van der Waals surface area contributed by atoms with E-state index in [0.29, 0.717) is 16.8 Å². The number of rotatable bonds is 7. The number of hydrogen-bond acceptors (Lipinski definition) is 5. The second kappa shape index (κ2) is 10.5. The summed E-state index contributed by atoms with van der Waals surface area (Å²) in [7, 11) is -3.54. The summed E-state index contributed by atoms with van der Waals surface area (Å²) in [6, 6.07) is 21.7. The highest BCUT2D eigenvalue weighted by Crippen LogP contribution is 2.23. The Labute approximate surface area is 215 Å². The van der Waals surface area contributed by atoms with Gasteiger partial charge in [-0.3, -0.25) is 9.10 Å². The SMILES string of the molecule is Cc1ccc2cc(/C=N\NC(=O)c3ccc(N(Cc4ccccc4C)S(C)(=O)=O)cc3)c(Cl)nc2c1. The number of fused-ring (bicyclic) bond motifs is 1. The molecule has 4 aromatic rings. The van der Waals surface area contributed by atoms with Gasteiger partial charge in [-0.05, 0) is 66.9 Å². The highest BCUT2D eigenvalue weighted by atomic mass is 35.5. The maximum absolute atomic E-state index is 12.6. The van der Waals surface area contributed by atoms with Crippen LogP contribution in [0.2, 0.25) is 5.15 Å². The molecule has 0 bridgehead atoms. The molecule has 1 N–H and O–H groups in total. The molecule has 0 spiro atoms. The third kappa shape index (κ3) is 5.90. The number of pyridine rings is 1. The van der Waals surface area contributed by atoms with Crippen LogP contribution in [0.25, 0.3) is 10.9 Å². The predicted octanol–water partition coefficient (Wildman–Crippen LogP) is 5.24. The lowest BCUT2D eigenvalue weighted by Crippen LogP contribution is -2.29. The van der Waals surface area contributed by atoms with Crippen LogP contribution in [0.1, 0.15) is 32.6 Å². The van der Waals surface area contributed by atoms with Gasteiger partial charge in [-0.25, -0.2) is 18.8 Å². The number of aryl methyl sites for hydroxylation is 2. The molecule has 0 aliphatic carbocycles. The summed E-state index contributed by atoms with van der Waals surface area (Å²) < 4.78 is 26.3. The van der Waals surface area contributed by atoms with Crippen molar-refractivity contribution in [3.63, 3.8) is 0 Å². The molecule has 0 aliphatic rings. The average molecular weight is 521 g/mol. The molecule has 0 atom stereocenters. The fourth-order valence-electron chi connectivity index (χ4n) is 3.71. The fourth-order valence-corrected chi connectivity index (χ4v) is 4.78. The van der Waals surface area contributed by atoms with Crippen LogP contribution in [0.5, 0.6) is 0 Å². The predicted molar refractivity (Wildman–Crippen MR) is 145 cm³/mol. The van der Waals surface area contributed by atoms with Gasteiger partial charge in [0, 0.05) is 16.5 Å². The molecular formula is C27H25ClN4O3S. The molecule has 3 aromatic carbocycles. The first kappa shape index (κ1) is 25.3. The molecule has 1 heterocycles. The second-order valence-corrected chi connectivity index (χ2v) is 10.8. The third-order valence-corrected chi connectivity index (χ3v) is 7.16. The largest absolute Gasteiger partial charge is 0.271 e. The van der Waals surface area contributed by atoms with Gasteiger partial charge >= 0.3 is 0 Å². The van der Waals surface area contributed by atoms with Crippen LogP contribution in [-0.4, -0.2) is 31.8 Å². The highest BCUT2D eigenvalue weighted by Gasteiger charge is 2.19. The topological polar surface area (TPSA) is 91.7 Å². The Hall–Kier alpha value is -3.75. The van der Waals surface area contributed by atoms with Gasteiger partial charge in [0.25, 0.3) is 5.91 Å². The van der Waals surface area contributed by atoms with Crippen molar-refractivity contribution in [2.24, 2.45) is 5.10 Å². The van der Waals surface area contributed by atoms with E-state index in [1.165, 1.54) is 10.5 Å². The molecule has 1 aromatic heterocycles.